The van der Waals surface area contributed by atoms with Crippen LogP contribution in [0.25, 0.3) is 0 Å². The molecule has 0 aromatic carbocycles. The summed E-state index contributed by atoms with van der Waals surface area (Å²) in [5.41, 5.74) is 0.186. The predicted molar refractivity (Wildman–Crippen MR) is 53.4 cm³/mol. The first-order valence-electron chi connectivity index (χ1n) is 4.64. The van der Waals surface area contributed by atoms with E-state index in [2.05, 4.69) is 39.9 Å². The molecule has 0 aliphatic rings. The fourth-order valence-electron chi connectivity index (χ4n) is 0.998. The second-order valence-corrected chi connectivity index (χ2v) is 4.65. The molecule has 0 fully saturated rings. The van der Waals surface area contributed by atoms with E-state index in [0.29, 0.717) is 12.0 Å². The predicted octanol–water partition coefficient (Wildman–Crippen LogP) is 2.05. The summed E-state index contributed by atoms with van der Waals surface area (Å²) in [4.78, 5) is 0. The fraction of sp³-hybridized carbons (Fsp3) is 1.00. The van der Waals surface area contributed by atoms with E-state index in [1.807, 2.05) is 0 Å². The third-order valence-electron chi connectivity index (χ3n) is 1.88. The van der Waals surface area contributed by atoms with Gasteiger partial charge < -0.3 is 10.1 Å². The number of methoxy groups -OCH3 is 1. The molecule has 0 heterocycles. The lowest BCUT2D eigenvalue weighted by molar-refractivity contribution is 0.0597. The van der Waals surface area contributed by atoms with Crippen LogP contribution in [0.1, 0.15) is 34.6 Å². The second-order valence-electron chi connectivity index (χ2n) is 4.65. The molecule has 1 N–H and O–H groups in total. The zero-order valence-electron chi connectivity index (χ0n) is 9.27. The van der Waals surface area contributed by atoms with Gasteiger partial charge in [0.15, 0.2) is 0 Å². The first kappa shape index (κ1) is 11.9. The second kappa shape index (κ2) is 4.83. The van der Waals surface area contributed by atoms with Crippen LogP contribution in [0.5, 0.6) is 0 Å². The maximum atomic E-state index is 5.34. The van der Waals surface area contributed by atoms with Gasteiger partial charge >= 0.3 is 0 Å². The van der Waals surface area contributed by atoms with Gasteiger partial charge in [-0.05, 0) is 26.7 Å². The first-order valence-corrected chi connectivity index (χ1v) is 4.64. The van der Waals surface area contributed by atoms with Crippen molar-refractivity contribution in [3.05, 3.63) is 0 Å². The summed E-state index contributed by atoms with van der Waals surface area (Å²) in [5.74, 6) is 0.574. The molecule has 0 amide bonds. The minimum absolute atomic E-state index is 0.186. The quantitative estimate of drug-likeness (QED) is 0.702. The molecule has 0 aliphatic carbocycles. The Morgan fingerprint density at radius 1 is 1.25 bits per heavy atom. The van der Waals surface area contributed by atoms with Gasteiger partial charge in [-0.25, -0.2) is 0 Å². The Morgan fingerprint density at radius 3 is 2.00 bits per heavy atom. The Labute approximate surface area is 76.7 Å². The highest BCUT2D eigenvalue weighted by molar-refractivity contribution is 4.74. The van der Waals surface area contributed by atoms with Crippen LogP contribution in [0.15, 0.2) is 0 Å². The lowest BCUT2D eigenvalue weighted by Gasteiger charge is -2.26. The zero-order valence-corrected chi connectivity index (χ0v) is 9.27. The standard InChI is InChI=1S/C10H23NO/c1-8(2)9(12-6)7-11-10(3,4)5/h8-9,11H,7H2,1-6H3. The van der Waals surface area contributed by atoms with Gasteiger partial charge in [0.25, 0.3) is 0 Å². The molecule has 0 rings (SSSR count). The molecule has 0 radical (unpaired) electrons. The Morgan fingerprint density at radius 2 is 1.75 bits per heavy atom. The number of ether oxygens (including phenoxy) is 1. The van der Waals surface area contributed by atoms with Crippen LogP contribution in [0.2, 0.25) is 0 Å². The van der Waals surface area contributed by atoms with Gasteiger partial charge in [0.05, 0.1) is 6.10 Å². The topological polar surface area (TPSA) is 21.3 Å². The van der Waals surface area contributed by atoms with Gasteiger partial charge in [0, 0.05) is 19.2 Å². The zero-order chi connectivity index (χ0) is 9.78. The van der Waals surface area contributed by atoms with Crippen molar-refractivity contribution in [3.63, 3.8) is 0 Å². The lowest BCUT2D eigenvalue weighted by Crippen LogP contribution is -2.42. The van der Waals surface area contributed by atoms with Crippen LogP contribution in [-0.2, 0) is 4.74 Å². The van der Waals surface area contributed by atoms with Crippen molar-refractivity contribution < 1.29 is 4.74 Å². The number of nitrogens with one attached hydrogen (secondary N) is 1. The first-order chi connectivity index (χ1) is 5.37. The third-order valence-corrected chi connectivity index (χ3v) is 1.88. The molecule has 1 atom stereocenters. The Bertz CT molecular complexity index is 115. The molecule has 0 aliphatic heterocycles. The third kappa shape index (κ3) is 5.56. The van der Waals surface area contributed by atoms with E-state index in [0.717, 1.165) is 6.54 Å². The summed E-state index contributed by atoms with van der Waals surface area (Å²) < 4.78 is 5.34. The smallest absolute Gasteiger partial charge is 0.0718 e. The average molecular weight is 173 g/mol. The summed E-state index contributed by atoms with van der Waals surface area (Å²) in [6.45, 7) is 11.8. The monoisotopic (exact) mass is 173 g/mol. The lowest BCUT2D eigenvalue weighted by atomic mass is 10.0. The van der Waals surface area contributed by atoms with E-state index in [-0.39, 0.29) is 5.54 Å². The van der Waals surface area contributed by atoms with Crippen LogP contribution in [0.3, 0.4) is 0 Å². The van der Waals surface area contributed by atoms with Gasteiger partial charge in [-0.3, -0.25) is 0 Å². The van der Waals surface area contributed by atoms with E-state index < -0.39 is 0 Å². The maximum Gasteiger partial charge on any atom is 0.0718 e. The van der Waals surface area contributed by atoms with Crippen molar-refractivity contribution >= 4 is 0 Å². The van der Waals surface area contributed by atoms with Gasteiger partial charge in [0.2, 0.25) is 0 Å². The molecule has 0 saturated carbocycles. The SMILES string of the molecule is COC(CNC(C)(C)C)C(C)C. The van der Waals surface area contributed by atoms with Crippen molar-refractivity contribution in [2.45, 2.75) is 46.3 Å². The van der Waals surface area contributed by atoms with Crippen LogP contribution in [0.4, 0.5) is 0 Å². The largest absolute Gasteiger partial charge is 0.380 e. The van der Waals surface area contributed by atoms with Crippen LogP contribution in [0, 0.1) is 5.92 Å². The molecule has 0 saturated heterocycles. The minimum Gasteiger partial charge on any atom is -0.380 e. The summed E-state index contributed by atoms with van der Waals surface area (Å²) >= 11 is 0. The van der Waals surface area contributed by atoms with Crippen molar-refractivity contribution in [2.75, 3.05) is 13.7 Å². The summed E-state index contributed by atoms with van der Waals surface area (Å²) in [6, 6.07) is 0. The highest BCUT2D eigenvalue weighted by Gasteiger charge is 2.15. The summed E-state index contributed by atoms with van der Waals surface area (Å²) in [7, 11) is 1.77. The van der Waals surface area contributed by atoms with E-state index >= 15 is 0 Å². The Hall–Kier alpha value is -0.0800. The molecular weight excluding hydrogens is 150 g/mol. The van der Waals surface area contributed by atoms with E-state index in [1.165, 1.54) is 0 Å². The molecule has 74 valence electrons. The van der Waals surface area contributed by atoms with Crippen molar-refractivity contribution in [3.8, 4) is 0 Å². The van der Waals surface area contributed by atoms with Crippen LogP contribution in [-0.4, -0.2) is 25.3 Å². The summed E-state index contributed by atoms with van der Waals surface area (Å²) in [5, 5.41) is 3.43. The van der Waals surface area contributed by atoms with Gasteiger partial charge in [0.1, 0.15) is 0 Å². The van der Waals surface area contributed by atoms with Crippen LogP contribution < -0.4 is 5.32 Å². The average Bonchev–Trinajstić information content (AvgIpc) is 1.85. The van der Waals surface area contributed by atoms with Gasteiger partial charge in [-0.1, -0.05) is 13.8 Å². The molecule has 1 unspecified atom stereocenters. The molecule has 2 nitrogen and oxygen atoms in total. The summed E-state index contributed by atoms with van der Waals surface area (Å²) in [6.07, 6.45) is 0.323. The van der Waals surface area contributed by atoms with Crippen LogP contribution >= 0.6 is 0 Å². The van der Waals surface area contributed by atoms with E-state index in [1.54, 1.807) is 7.11 Å². The molecule has 0 bridgehead atoms. The molecule has 2 heteroatoms. The minimum atomic E-state index is 0.186. The fourth-order valence-corrected chi connectivity index (χ4v) is 0.998. The number of hydrogen-bond donors (Lipinski definition) is 1. The Kier molecular flexibility index (Phi) is 4.80. The normalized spacial score (nSPS) is 15.2. The number of hydrogen-bond acceptors (Lipinski definition) is 2. The maximum absolute atomic E-state index is 5.34. The highest BCUT2D eigenvalue weighted by atomic mass is 16.5. The molecule has 0 spiro atoms. The molecule has 0 aromatic heterocycles. The van der Waals surface area contributed by atoms with Crippen molar-refractivity contribution in [2.24, 2.45) is 5.92 Å². The van der Waals surface area contributed by atoms with Gasteiger partial charge in [-0.15, -0.1) is 0 Å². The highest BCUT2D eigenvalue weighted by Crippen LogP contribution is 2.06. The van der Waals surface area contributed by atoms with Crippen molar-refractivity contribution in [1.82, 2.24) is 5.32 Å². The number of rotatable bonds is 4. The van der Waals surface area contributed by atoms with Crippen molar-refractivity contribution in [1.29, 1.82) is 0 Å². The van der Waals surface area contributed by atoms with E-state index in [9.17, 15) is 0 Å². The Balaban J connectivity index is 3.73. The molecular formula is C10H23NO. The molecule has 0 aromatic rings. The molecule has 12 heavy (non-hydrogen) atoms. The van der Waals surface area contributed by atoms with Gasteiger partial charge in [-0.2, -0.15) is 0 Å². The van der Waals surface area contributed by atoms with E-state index in [4.69, 9.17) is 4.74 Å².